The first-order chi connectivity index (χ1) is 3.62. The molecule has 0 aromatic rings. The molecule has 0 saturated heterocycles. The second-order valence-electron chi connectivity index (χ2n) is 2.69. The van der Waals surface area contributed by atoms with E-state index in [-0.39, 0.29) is 0 Å². The van der Waals surface area contributed by atoms with E-state index in [1.807, 2.05) is 5.37 Å². The molecule has 0 radical (unpaired) electrons. The fourth-order valence-electron chi connectivity index (χ4n) is 0.290. The normalized spacial score (nSPS) is 11.4. The van der Waals surface area contributed by atoms with E-state index in [1.54, 1.807) is 0 Å². The van der Waals surface area contributed by atoms with Crippen LogP contribution in [0, 0.1) is 0 Å². The van der Waals surface area contributed by atoms with Crippen LogP contribution >= 0.6 is 24.8 Å². The zero-order valence-electron chi connectivity index (χ0n) is 5.35. The molecule has 0 N–H and O–H groups in total. The summed E-state index contributed by atoms with van der Waals surface area (Å²) in [6.45, 7) is 4.59. The molecule has 48 valence electrons. The SMILES string of the molecule is C[Si](C)(CS)CC=S. The van der Waals surface area contributed by atoms with Crippen LogP contribution in [-0.4, -0.2) is 18.8 Å². The minimum Gasteiger partial charge on any atom is -0.182 e. The number of hydrogen-bond donors (Lipinski definition) is 1. The molecule has 3 heteroatoms. The van der Waals surface area contributed by atoms with Crippen LogP contribution in [0.15, 0.2) is 0 Å². The van der Waals surface area contributed by atoms with Crippen LogP contribution in [0.4, 0.5) is 0 Å². The molecule has 0 aliphatic rings. The van der Waals surface area contributed by atoms with Gasteiger partial charge in [-0.25, -0.2) is 0 Å². The lowest BCUT2D eigenvalue weighted by molar-refractivity contribution is 1.61. The van der Waals surface area contributed by atoms with E-state index in [0.29, 0.717) is 0 Å². The van der Waals surface area contributed by atoms with Crippen molar-refractivity contribution in [1.82, 2.24) is 0 Å². The van der Waals surface area contributed by atoms with Gasteiger partial charge in [-0.15, -0.1) is 0 Å². The smallest absolute Gasteiger partial charge is 0.0620 e. The Morgan fingerprint density at radius 1 is 1.62 bits per heavy atom. The van der Waals surface area contributed by atoms with E-state index in [2.05, 4.69) is 25.7 Å². The van der Waals surface area contributed by atoms with Crippen molar-refractivity contribution in [3.63, 3.8) is 0 Å². The Morgan fingerprint density at radius 3 is 2.25 bits per heavy atom. The molecule has 0 aromatic heterocycles. The lowest BCUT2D eigenvalue weighted by Gasteiger charge is -2.15. The summed E-state index contributed by atoms with van der Waals surface area (Å²) < 4.78 is 0. The highest BCUT2D eigenvalue weighted by Crippen LogP contribution is 2.07. The van der Waals surface area contributed by atoms with Gasteiger partial charge in [-0.2, -0.15) is 12.6 Å². The minimum absolute atomic E-state index is 0.973. The molecule has 0 fully saturated rings. The van der Waals surface area contributed by atoms with E-state index < -0.39 is 8.07 Å². The summed E-state index contributed by atoms with van der Waals surface area (Å²) in [7, 11) is -0.973. The number of thiocarbonyl (C=S) groups is 1. The van der Waals surface area contributed by atoms with Crippen LogP contribution in [0.3, 0.4) is 0 Å². The second kappa shape index (κ2) is 3.64. The Kier molecular flexibility index (Phi) is 3.94. The van der Waals surface area contributed by atoms with Gasteiger partial charge >= 0.3 is 0 Å². The van der Waals surface area contributed by atoms with Gasteiger partial charge in [-0.3, -0.25) is 0 Å². The van der Waals surface area contributed by atoms with Crippen LogP contribution in [0.2, 0.25) is 19.1 Å². The van der Waals surface area contributed by atoms with Crippen LogP contribution in [-0.2, 0) is 0 Å². The number of rotatable bonds is 3. The monoisotopic (exact) mass is 164 g/mol. The molecule has 0 spiro atoms. The predicted molar refractivity (Wildman–Crippen MR) is 49.8 cm³/mol. The molecule has 0 aliphatic carbocycles. The summed E-state index contributed by atoms with van der Waals surface area (Å²) >= 11 is 8.97. The van der Waals surface area contributed by atoms with Crippen molar-refractivity contribution in [2.24, 2.45) is 0 Å². The van der Waals surface area contributed by atoms with Crippen molar-refractivity contribution in [3.8, 4) is 0 Å². The molecule has 0 atom stereocenters. The first-order valence-electron chi connectivity index (χ1n) is 2.67. The highest BCUT2D eigenvalue weighted by molar-refractivity contribution is 7.82. The fourth-order valence-corrected chi connectivity index (χ4v) is 2.61. The highest BCUT2D eigenvalue weighted by atomic mass is 32.1. The van der Waals surface area contributed by atoms with Crippen molar-refractivity contribution < 1.29 is 0 Å². The molecule has 8 heavy (non-hydrogen) atoms. The first kappa shape index (κ1) is 8.66. The third-order valence-corrected chi connectivity index (χ3v) is 6.26. The molecule has 0 nitrogen and oxygen atoms in total. The number of hydrogen-bond acceptors (Lipinski definition) is 2. The highest BCUT2D eigenvalue weighted by Gasteiger charge is 2.15. The summed E-state index contributed by atoms with van der Waals surface area (Å²) in [4.78, 5) is 0. The van der Waals surface area contributed by atoms with Gasteiger partial charge in [-0.05, 0) is 16.8 Å². The van der Waals surface area contributed by atoms with Crippen LogP contribution in [0.25, 0.3) is 0 Å². The molecule has 0 bridgehead atoms. The predicted octanol–water partition coefficient (Wildman–Crippen LogP) is 2.16. The Bertz CT molecular complexity index is 80.5. The molecule has 0 aliphatic heterocycles. The topological polar surface area (TPSA) is 0 Å². The van der Waals surface area contributed by atoms with Crippen molar-refractivity contribution in [3.05, 3.63) is 0 Å². The van der Waals surface area contributed by atoms with Gasteiger partial charge in [0.25, 0.3) is 0 Å². The van der Waals surface area contributed by atoms with E-state index in [9.17, 15) is 0 Å². The molecule has 0 aromatic carbocycles. The molecular weight excluding hydrogens is 152 g/mol. The third kappa shape index (κ3) is 3.63. The molecular formula is C5H12S2Si. The maximum Gasteiger partial charge on any atom is 0.0620 e. The van der Waals surface area contributed by atoms with Crippen molar-refractivity contribution >= 4 is 38.3 Å². The maximum atomic E-state index is 4.74. The molecule has 0 rings (SSSR count). The van der Waals surface area contributed by atoms with E-state index in [1.165, 1.54) is 0 Å². The quantitative estimate of drug-likeness (QED) is 0.379. The Labute approximate surface area is 63.1 Å². The summed E-state index contributed by atoms with van der Waals surface area (Å²) in [5.74, 6) is 0. The summed E-state index contributed by atoms with van der Waals surface area (Å²) in [6.07, 6.45) is 0. The summed E-state index contributed by atoms with van der Waals surface area (Å²) in [6, 6.07) is 1.12. The van der Waals surface area contributed by atoms with Gasteiger partial charge in [0.2, 0.25) is 0 Å². The Hall–Kier alpha value is 0.657. The lowest BCUT2D eigenvalue weighted by atomic mass is 11.0. The summed E-state index contributed by atoms with van der Waals surface area (Å²) in [5, 5.41) is 2.88. The summed E-state index contributed by atoms with van der Waals surface area (Å²) in [5.41, 5.74) is 0. The molecule has 0 amide bonds. The van der Waals surface area contributed by atoms with E-state index in [0.717, 1.165) is 11.4 Å². The first-order valence-corrected chi connectivity index (χ1v) is 7.19. The van der Waals surface area contributed by atoms with Crippen molar-refractivity contribution in [2.75, 3.05) is 5.38 Å². The Morgan fingerprint density at radius 2 is 2.12 bits per heavy atom. The van der Waals surface area contributed by atoms with Gasteiger partial charge in [-0.1, -0.05) is 25.3 Å². The van der Waals surface area contributed by atoms with E-state index >= 15 is 0 Å². The van der Waals surface area contributed by atoms with Crippen molar-refractivity contribution in [2.45, 2.75) is 19.1 Å². The standard InChI is InChI=1S/C5H12S2Si/c1-8(2,5-7)4-3-6/h3,7H,4-5H2,1-2H3. The van der Waals surface area contributed by atoms with Gasteiger partial charge in [0.05, 0.1) is 8.07 Å². The van der Waals surface area contributed by atoms with Crippen LogP contribution < -0.4 is 0 Å². The van der Waals surface area contributed by atoms with Crippen LogP contribution in [0.5, 0.6) is 0 Å². The number of thiol groups is 1. The fraction of sp³-hybridized carbons (Fsp3) is 0.800. The Balaban J connectivity index is 3.53. The van der Waals surface area contributed by atoms with Gasteiger partial charge in [0, 0.05) is 0 Å². The van der Waals surface area contributed by atoms with Gasteiger partial charge < -0.3 is 0 Å². The van der Waals surface area contributed by atoms with Crippen LogP contribution in [0.1, 0.15) is 0 Å². The zero-order valence-corrected chi connectivity index (χ0v) is 8.06. The second-order valence-corrected chi connectivity index (χ2v) is 9.03. The molecule has 0 heterocycles. The minimum atomic E-state index is -0.973. The van der Waals surface area contributed by atoms with E-state index in [4.69, 9.17) is 12.2 Å². The average Bonchev–Trinajstić information content (AvgIpc) is 1.67. The van der Waals surface area contributed by atoms with Crippen molar-refractivity contribution in [1.29, 1.82) is 0 Å². The maximum absolute atomic E-state index is 4.74. The lowest BCUT2D eigenvalue weighted by Crippen LogP contribution is -2.27. The van der Waals surface area contributed by atoms with Gasteiger partial charge in [0.1, 0.15) is 0 Å². The third-order valence-electron chi connectivity index (χ3n) is 1.06. The zero-order chi connectivity index (χ0) is 6.62. The largest absolute Gasteiger partial charge is 0.182 e. The molecule has 0 unspecified atom stereocenters. The average molecular weight is 164 g/mol. The van der Waals surface area contributed by atoms with Gasteiger partial charge in [0.15, 0.2) is 0 Å². The molecule has 0 saturated carbocycles.